The predicted octanol–water partition coefficient (Wildman–Crippen LogP) is 12.4. The van der Waals surface area contributed by atoms with Gasteiger partial charge in [0.2, 0.25) is 0 Å². The second kappa shape index (κ2) is 13.8. The number of hydrogen-bond acceptors (Lipinski definition) is 6. The highest BCUT2D eigenvalue weighted by molar-refractivity contribution is 5.92. The summed E-state index contributed by atoms with van der Waals surface area (Å²) >= 11 is 0. The quantitative estimate of drug-likeness (QED) is 0.176. The van der Waals surface area contributed by atoms with Crippen LogP contribution >= 0.6 is 0 Å². The van der Waals surface area contributed by atoms with Gasteiger partial charge >= 0.3 is 0 Å². The second-order valence-corrected chi connectivity index (χ2v) is 15.9. The van der Waals surface area contributed by atoms with Gasteiger partial charge in [-0.1, -0.05) is 72.8 Å². The molecule has 0 fully saturated rings. The van der Waals surface area contributed by atoms with Crippen molar-refractivity contribution in [3.05, 3.63) is 143 Å². The van der Waals surface area contributed by atoms with Crippen molar-refractivity contribution < 1.29 is 18.9 Å². The lowest BCUT2D eigenvalue weighted by molar-refractivity contribution is 0.204. The Bertz CT molecular complexity index is 2390. The summed E-state index contributed by atoms with van der Waals surface area (Å²) in [5.74, 6) is 3.40. The highest BCUT2D eigenvalue weighted by atomic mass is 16.5. The Morgan fingerprint density at radius 2 is 1.31 bits per heavy atom. The van der Waals surface area contributed by atoms with Crippen LogP contribution in [-0.2, 0) is 0 Å². The Morgan fingerprint density at radius 1 is 0.691 bits per heavy atom. The van der Waals surface area contributed by atoms with Crippen LogP contribution in [0.3, 0.4) is 0 Å². The third-order valence-corrected chi connectivity index (χ3v) is 11.3. The van der Waals surface area contributed by atoms with Crippen molar-refractivity contribution in [2.45, 2.75) is 71.2 Å². The van der Waals surface area contributed by atoms with Gasteiger partial charge in [-0.05, 0) is 106 Å². The maximum atomic E-state index is 6.62. The van der Waals surface area contributed by atoms with Crippen LogP contribution in [0.15, 0.2) is 115 Å². The summed E-state index contributed by atoms with van der Waals surface area (Å²) in [6, 6.07) is 31.2. The average molecular weight is 731 g/mol. The highest BCUT2D eigenvalue weighted by Crippen LogP contribution is 2.54. The van der Waals surface area contributed by atoms with E-state index in [2.05, 4.69) is 119 Å². The minimum absolute atomic E-state index is 0.0517. The summed E-state index contributed by atoms with van der Waals surface area (Å²) < 4.78 is 24.3. The largest absolute Gasteiger partial charge is 0.496 e. The smallest absolute Gasteiger partial charge is 0.150 e. The summed E-state index contributed by atoms with van der Waals surface area (Å²) in [5, 5.41) is 7.35. The van der Waals surface area contributed by atoms with Crippen LogP contribution in [0, 0.1) is 0 Å². The molecule has 280 valence electrons. The first kappa shape index (κ1) is 36.1. The predicted molar refractivity (Wildman–Crippen MR) is 227 cm³/mol. The first-order chi connectivity index (χ1) is 26.4. The van der Waals surface area contributed by atoms with Crippen molar-refractivity contribution in [3.8, 4) is 45.3 Å². The van der Waals surface area contributed by atoms with Gasteiger partial charge in [-0.15, -0.1) is 6.58 Å². The fourth-order valence-corrected chi connectivity index (χ4v) is 8.60. The van der Waals surface area contributed by atoms with E-state index >= 15 is 0 Å². The number of nitrogens with one attached hydrogen (secondary N) is 2. The minimum atomic E-state index is -0.174. The zero-order chi connectivity index (χ0) is 38.6. The van der Waals surface area contributed by atoms with Gasteiger partial charge in [0.25, 0.3) is 0 Å². The Labute approximate surface area is 325 Å². The van der Waals surface area contributed by atoms with Gasteiger partial charge in [0.15, 0.2) is 6.10 Å². The zero-order valence-electron chi connectivity index (χ0n) is 33.1. The normalized spacial score (nSPS) is 18.7. The van der Waals surface area contributed by atoms with Crippen LogP contribution in [0.4, 0.5) is 11.4 Å². The van der Waals surface area contributed by atoms with E-state index in [-0.39, 0.29) is 23.3 Å². The lowest BCUT2D eigenvalue weighted by Gasteiger charge is -2.37. The Morgan fingerprint density at radius 3 is 1.95 bits per heavy atom. The summed E-state index contributed by atoms with van der Waals surface area (Å²) in [6.45, 7) is 17.1. The van der Waals surface area contributed by atoms with Crippen molar-refractivity contribution in [1.82, 2.24) is 0 Å². The van der Waals surface area contributed by atoms with Gasteiger partial charge in [-0.3, -0.25) is 0 Å². The number of hydrogen-bond donors (Lipinski definition) is 2. The van der Waals surface area contributed by atoms with Crippen molar-refractivity contribution in [3.63, 3.8) is 0 Å². The first-order valence-corrected chi connectivity index (χ1v) is 19.1. The van der Waals surface area contributed by atoms with E-state index in [4.69, 9.17) is 18.9 Å². The number of rotatable bonds is 5. The fraction of sp³-hybridized carbons (Fsp3) is 0.265. The van der Waals surface area contributed by atoms with Crippen molar-refractivity contribution in [2.24, 2.45) is 0 Å². The summed E-state index contributed by atoms with van der Waals surface area (Å²) in [7, 11) is 3.42. The monoisotopic (exact) mass is 730 g/mol. The summed E-state index contributed by atoms with van der Waals surface area (Å²) in [6.07, 6.45) is 7.06. The van der Waals surface area contributed by atoms with Gasteiger partial charge in [0, 0.05) is 40.0 Å². The molecule has 4 heterocycles. The topological polar surface area (TPSA) is 61.0 Å². The molecule has 0 saturated carbocycles. The van der Waals surface area contributed by atoms with Crippen LogP contribution in [0.25, 0.3) is 33.9 Å². The molecule has 0 aromatic heterocycles. The second-order valence-electron chi connectivity index (χ2n) is 15.9. The fourth-order valence-electron chi connectivity index (χ4n) is 8.60. The van der Waals surface area contributed by atoms with Crippen LogP contribution in [0.5, 0.6) is 23.0 Å². The maximum Gasteiger partial charge on any atom is 0.150 e. The van der Waals surface area contributed by atoms with Gasteiger partial charge in [0.1, 0.15) is 29.1 Å². The molecule has 0 amide bonds. The molecular weight excluding hydrogens is 681 g/mol. The van der Waals surface area contributed by atoms with Gasteiger partial charge < -0.3 is 29.6 Å². The first-order valence-electron chi connectivity index (χ1n) is 19.1. The summed E-state index contributed by atoms with van der Waals surface area (Å²) in [5.41, 5.74) is 15.1. The molecular formula is C49H50N2O4. The molecule has 2 atom stereocenters. The van der Waals surface area contributed by atoms with Crippen LogP contribution in [0.2, 0.25) is 0 Å². The molecule has 2 unspecified atom stereocenters. The highest BCUT2D eigenvalue weighted by Gasteiger charge is 2.37. The lowest BCUT2D eigenvalue weighted by Crippen LogP contribution is -2.35. The van der Waals surface area contributed by atoms with Crippen LogP contribution in [-0.4, -0.2) is 25.3 Å². The number of ether oxygens (including phenoxy) is 4. The van der Waals surface area contributed by atoms with Crippen molar-refractivity contribution >= 4 is 23.0 Å². The number of benzene rings is 5. The molecule has 6 nitrogen and oxygen atoms in total. The molecule has 4 aliphatic rings. The van der Waals surface area contributed by atoms with E-state index in [9.17, 15) is 0 Å². The lowest BCUT2D eigenvalue weighted by atomic mass is 9.80. The standard InChI is InChI=1S/C26H25NO2.C23H25NO2/c1-16-15-26(2,3)27-19-14-13-18-23-20(28-4)11-8-12-21(23)29-25(24(18)22(16)19)17-9-6-5-7-10-17;1-6-8-19-21-15(22-18(25-5)9-7-10-20(22)26-19)11-12-17-16(21)13-14(2)23(3,4)24-17/h5-15,25,27H,1-4H3;6-7,9-13,19,24H,1,8H2,2-5H3. The summed E-state index contributed by atoms with van der Waals surface area (Å²) in [4.78, 5) is 0. The van der Waals surface area contributed by atoms with Gasteiger partial charge in [0.05, 0.1) is 36.4 Å². The van der Waals surface area contributed by atoms with E-state index in [1.165, 1.54) is 44.5 Å². The molecule has 5 aromatic carbocycles. The van der Waals surface area contributed by atoms with Crippen molar-refractivity contribution in [1.29, 1.82) is 0 Å². The Hall–Kier alpha value is -5.88. The molecule has 55 heavy (non-hydrogen) atoms. The third-order valence-electron chi connectivity index (χ3n) is 11.3. The van der Waals surface area contributed by atoms with Crippen LogP contribution < -0.4 is 29.6 Å². The molecule has 0 bridgehead atoms. The average Bonchev–Trinajstić information content (AvgIpc) is 3.17. The van der Waals surface area contributed by atoms with E-state index in [0.717, 1.165) is 57.5 Å². The molecule has 2 N–H and O–H groups in total. The molecule has 5 aromatic rings. The SMILES string of the molecule is C=CCC1Oc2cccc(OC)c2-c2ccc3c(c21)C=C(C)C(C)(C)N3.COc1cccc2c1-c1ccc3c(c1C(c1ccccc1)O2)C(C)=CC(C)(C)N3. The molecule has 0 radical (unpaired) electrons. The molecule has 4 aliphatic heterocycles. The van der Waals surface area contributed by atoms with Crippen LogP contribution in [0.1, 0.15) is 88.0 Å². The van der Waals surface area contributed by atoms with E-state index in [1.807, 2.05) is 48.5 Å². The number of fused-ring (bicyclic) bond motifs is 10. The number of anilines is 2. The minimum Gasteiger partial charge on any atom is -0.496 e. The molecule has 9 rings (SSSR count). The molecule has 0 aliphatic carbocycles. The van der Waals surface area contributed by atoms with Gasteiger partial charge in [-0.25, -0.2) is 0 Å². The van der Waals surface area contributed by atoms with E-state index in [0.29, 0.717) is 0 Å². The van der Waals surface area contributed by atoms with Crippen molar-refractivity contribution in [2.75, 3.05) is 24.9 Å². The zero-order valence-corrected chi connectivity index (χ0v) is 33.1. The number of methoxy groups -OCH3 is 2. The maximum absolute atomic E-state index is 6.62. The van der Waals surface area contributed by atoms with E-state index in [1.54, 1.807) is 14.2 Å². The number of allylic oxidation sites excluding steroid dienone is 1. The Balaban J connectivity index is 0.000000156. The molecule has 6 heteroatoms. The molecule has 0 spiro atoms. The van der Waals surface area contributed by atoms with Gasteiger partial charge in [-0.2, -0.15) is 0 Å². The third kappa shape index (κ3) is 6.24. The Kier molecular flexibility index (Phi) is 9.03. The molecule has 0 saturated heterocycles. The van der Waals surface area contributed by atoms with E-state index < -0.39 is 0 Å².